The molecule has 0 amide bonds. The number of β-amino-alcohol motifs (C(OH)–C–C–N with tert-alkyl or cyclic N) is 1. The van der Waals surface area contributed by atoms with Crippen molar-refractivity contribution >= 4 is 22.8 Å². The minimum absolute atomic E-state index is 0.0466. The number of likely N-dealkylation sites (tertiary alicyclic amines) is 1. The maximum absolute atomic E-state index is 14.8. The predicted octanol–water partition coefficient (Wildman–Crippen LogP) is 1.87. The molecule has 3 aromatic heterocycles. The van der Waals surface area contributed by atoms with E-state index in [0.717, 1.165) is 60.8 Å². The van der Waals surface area contributed by atoms with Crippen molar-refractivity contribution in [2.24, 2.45) is 0 Å². The second-order valence-electron chi connectivity index (χ2n) is 9.25. The van der Waals surface area contributed by atoms with Gasteiger partial charge in [0.05, 0.1) is 52.7 Å². The Labute approximate surface area is 200 Å². The average molecular weight is 484 g/mol. The molecular weight excluding hydrogens is 457 g/mol. The van der Waals surface area contributed by atoms with Crippen molar-refractivity contribution in [1.82, 2.24) is 24.8 Å². The molecule has 1 atom stereocenters. The zero-order valence-corrected chi connectivity index (χ0v) is 19.5. The zero-order valence-electron chi connectivity index (χ0n) is 18.7. The number of ether oxygens (including phenoxy) is 1. The Kier molecular flexibility index (Phi) is 5.56. The van der Waals surface area contributed by atoms with Gasteiger partial charge >= 0.3 is 0 Å². The van der Waals surface area contributed by atoms with Gasteiger partial charge in [0.25, 0.3) is 5.56 Å². The van der Waals surface area contributed by atoms with Gasteiger partial charge in [0, 0.05) is 31.0 Å². The van der Waals surface area contributed by atoms with E-state index < -0.39 is 11.4 Å². The van der Waals surface area contributed by atoms with E-state index in [4.69, 9.17) is 4.74 Å². The van der Waals surface area contributed by atoms with E-state index in [9.17, 15) is 14.3 Å². The first kappa shape index (κ1) is 22.0. The van der Waals surface area contributed by atoms with E-state index in [1.54, 1.807) is 17.8 Å². The van der Waals surface area contributed by atoms with Crippen molar-refractivity contribution in [3.63, 3.8) is 0 Å². The lowest BCUT2D eigenvalue weighted by Crippen LogP contribution is -2.48. The summed E-state index contributed by atoms with van der Waals surface area (Å²) < 4.78 is 21.9. The fourth-order valence-corrected chi connectivity index (χ4v) is 6.17. The number of rotatable bonds is 5. The third kappa shape index (κ3) is 3.88. The number of fused-ring (bicyclic) bond motifs is 1. The number of piperidine rings is 1. The van der Waals surface area contributed by atoms with E-state index in [-0.39, 0.29) is 24.2 Å². The van der Waals surface area contributed by atoms with Crippen LogP contribution in [0.2, 0.25) is 0 Å². The van der Waals surface area contributed by atoms with Crippen LogP contribution >= 0.6 is 11.8 Å². The molecule has 3 aromatic rings. The highest BCUT2D eigenvalue weighted by Gasteiger charge is 2.43. The molecule has 10 heteroatoms. The number of hydrogen-bond donors (Lipinski definition) is 2. The Balaban J connectivity index is 1.09. The quantitative estimate of drug-likeness (QED) is 0.568. The van der Waals surface area contributed by atoms with Crippen LogP contribution in [0.1, 0.15) is 24.1 Å². The third-order valence-electron chi connectivity index (χ3n) is 6.97. The number of aliphatic hydroxyl groups is 1. The molecule has 0 spiro atoms. The van der Waals surface area contributed by atoms with Crippen molar-refractivity contribution in [1.29, 1.82) is 0 Å². The van der Waals surface area contributed by atoms with Crippen LogP contribution in [0.4, 0.5) is 4.39 Å². The summed E-state index contributed by atoms with van der Waals surface area (Å²) in [6.07, 6.45) is 4.78. The summed E-state index contributed by atoms with van der Waals surface area (Å²) in [7, 11) is 0. The van der Waals surface area contributed by atoms with Gasteiger partial charge in [0.15, 0.2) is 5.75 Å². The highest BCUT2D eigenvalue weighted by molar-refractivity contribution is 7.99. The first-order valence-corrected chi connectivity index (χ1v) is 12.6. The normalized spacial score (nSPS) is 22.6. The molecule has 0 bridgehead atoms. The van der Waals surface area contributed by atoms with Crippen LogP contribution in [0.5, 0.6) is 5.75 Å². The predicted molar refractivity (Wildman–Crippen MR) is 127 cm³/mol. The summed E-state index contributed by atoms with van der Waals surface area (Å²) in [5.74, 6) is 1.26. The lowest BCUT2D eigenvalue weighted by Gasteiger charge is -2.37. The smallest absolute Gasteiger partial charge is 0.251 e. The van der Waals surface area contributed by atoms with Crippen LogP contribution in [0.15, 0.2) is 40.3 Å². The second kappa shape index (κ2) is 8.60. The number of pyridine rings is 3. The van der Waals surface area contributed by atoms with E-state index >= 15 is 0 Å². The number of aromatic nitrogens is 3. The lowest BCUT2D eigenvalue weighted by atomic mass is 9.93. The fraction of sp³-hybridized carbons (Fsp3) is 0.458. The lowest BCUT2D eigenvalue weighted by molar-refractivity contribution is -0.0159. The third-order valence-corrected chi connectivity index (χ3v) is 7.97. The Morgan fingerprint density at radius 3 is 2.97 bits per heavy atom. The summed E-state index contributed by atoms with van der Waals surface area (Å²) >= 11 is 1.80. The number of nitrogens with zero attached hydrogens (tertiary/aromatic N) is 4. The van der Waals surface area contributed by atoms with Crippen molar-refractivity contribution in [2.75, 3.05) is 32.0 Å². The molecule has 2 N–H and O–H groups in total. The van der Waals surface area contributed by atoms with E-state index in [2.05, 4.69) is 26.3 Å². The number of hydrogen-bond acceptors (Lipinski definition) is 8. The molecule has 0 radical (unpaired) electrons. The molecule has 0 saturated carbocycles. The minimum atomic E-state index is -1.45. The maximum atomic E-state index is 14.8. The van der Waals surface area contributed by atoms with Crippen LogP contribution < -0.4 is 15.6 Å². The van der Waals surface area contributed by atoms with E-state index in [1.807, 2.05) is 6.20 Å². The average Bonchev–Trinajstić information content (AvgIpc) is 3.17. The zero-order chi connectivity index (χ0) is 23.3. The molecule has 0 aromatic carbocycles. The molecule has 34 heavy (non-hydrogen) atoms. The second-order valence-corrected chi connectivity index (χ2v) is 10.4. The first-order valence-electron chi connectivity index (χ1n) is 11.6. The maximum Gasteiger partial charge on any atom is 0.251 e. The number of thioether (sulfide) groups is 1. The molecule has 0 unspecified atom stereocenters. The van der Waals surface area contributed by atoms with Gasteiger partial charge in [-0.2, -0.15) is 0 Å². The largest absolute Gasteiger partial charge is 0.490 e. The summed E-state index contributed by atoms with van der Waals surface area (Å²) in [5.41, 5.74) is 0.422. The van der Waals surface area contributed by atoms with Gasteiger partial charge in [-0.1, -0.05) is 0 Å². The number of nitrogens with one attached hydrogen (secondary N) is 1. The molecule has 3 aliphatic heterocycles. The van der Waals surface area contributed by atoms with Gasteiger partial charge in [-0.3, -0.25) is 19.7 Å². The number of halogens is 1. The summed E-state index contributed by atoms with van der Waals surface area (Å²) in [6, 6.07) is 5.45. The van der Waals surface area contributed by atoms with Gasteiger partial charge in [-0.25, -0.2) is 4.39 Å². The highest BCUT2D eigenvalue weighted by Crippen LogP contribution is 2.38. The van der Waals surface area contributed by atoms with Crippen molar-refractivity contribution in [2.45, 2.75) is 42.5 Å². The Hall–Kier alpha value is -2.53. The van der Waals surface area contributed by atoms with Crippen LogP contribution in [0, 0.1) is 5.82 Å². The Bertz CT molecular complexity index is 1310. The first-order chi connectivity index (χ1) is 16.5. The van der Waals surface area contributed by atoms with Crippen LogP contribution in [0.3, 0.4) is 0 Å². The minimum Gasteiger partial charge on any atom is -0.490 e. The van der Waals surface area contributed by atoms with Crippen LogP contribution in [0.25, 0.3) is 11.0 Å². The topological polar surface area (TPSA) is 92.5 Å². The van der Waals surface area contributed by atoms with Crippen LogP contribution in [-0.4, -0.2) is 62.6 Å². The molecular formula is C24H26FN5O3S. The standard InChI is InChI=1S/C24H26FN5O3S/c25-17-11-28-18-1-2-21(31)30-14-24(32,22(17)23(18)30)13-29-5-3-15(4-6-29)26-10-16-9-20-19(12-27-16)33-7-8-34-20/h1-2,9,11-12,15,26,32H,3-8,10,13-14H2/t24-/m1/s1. The van der Waals surface area contributed by atoms with Crippen molar-refractivity contribution < 1.29 is 14.2 Å². The SMILES string of the molecule is O=c1ccc2ncc(F)c3c2n1C[C@]3(O)CN1CCC(NCc2cc3c(cn2)OCCS3)CC1. The molecule has 1 saturated heterocycles. The monoisotopic (exact) mass is 483 g/mol. The van der Waals surface area contributed by atoms with E-state index in [0.29, 0.717) is 23.6 Å². The molecule has 6 rings (SSSR count). The van der Waals surface area contributed by atoms with Crippen molar-refractivity contribution in [3.05, 3.63) is 58.0 Å². The Morgan fingerprint density at radius 1 is 1.26 bits per heavy atom. The fourth-order valence-electron chi connectivity index (χ4n) is 5.31. The highest BCUT2D eigenvalue weighted by atomic mass is 32.2. The molecule has 3 aliphatic rings. The molecule has 8 nitrogen and oxygen atoms in total. The summed E-state index contributed by atoms with van der Waals surface area (Å²) in [4.78, 5) is 24.3. The summed E-state index contributed by atoms with van der Waals surface area (Å²) in [5, 5.41) is 15.1. The van der Waals surface area contributed by atoms with Gasteiger partial charge in [-0.05, 0) is 38.1 Å². The molecule has 178 valence electrons. The molecule has 1 fully saturated rings. The van der Waals surface area contributed by atoms with Gasteiger partial charge in [0.2, 0.25) is 0 Å². The van der Waals surface area contributed by atoms with Crippen molar-refractivity contribution in [3.8, 4) is 5.75 Å². The van der Waals surface area contributed by atoms with Crippen LogP contribution in [-0.2, 0) is 18.7 Å². The molecule has 6 heterocycles. The summed E-state index contributed by atoms with van der Waals surface area (Å²) in [6.45, 7) is 3.31. The van der Waals surface area contributed by atoms with E-state index in [1.165, 1.54) is 10.6 Å². The Morgan fingerprint density at radius 2 is 2.12 bits per heavy atom. The van der Waals surface area contributed by atoms with Gasteiger partial charge < -0.3 is 19.7 Å². The van der Waals surface area contributed by atoms with Gasteiger partial charge in [0.1, 0.15) is 11.4 Å². The molecule has 0 aliphatic carbocycles. The van der Waals surface area contributed by atoms with Gasteiger partial charge in [-0.15, -0.1) is 11.8 Å².